The first-order valence-electron chi connectivity index (χ1n) is 7.64. The molecular formula is C15H19ClN4O4. The van der Waals surface area contributed by atoms with Crippen LogP contribution in [0.2, 0.25) is 5.02 Å². The monoisotopic (exact) mass is 354 g/mol. The van der Waals surface area contributed by atoms with E-state index in [1.807, 2.05) is 6.92 Å². The maximum absolute atomic E-state index is 12.2. The maximum atomic E-state index is 12.2. The molecule has 1 aliphatic heterocycles. The van der Waals surface area contributed by atoms with E-state index in [-0.39, 0.29) is 35.1 Å². The summed E-state index contributed by atoms with van der Waals surface area (Å²) >= 11 is 5.88. The number of carbonyl (C=O) groups excluding carboxylic acids is 2. The quantitative estimate of drug-likeness (QED) is 0.543. The summed E-state index contributed by atoms with van der Waals surface area (Å²) in [5.74, 6) is -1.10. The van der Waals surface area contributed by atoms with Gasteiger partial charge in [0.1, 0.15) is 5.56 Å². The van der Waals surface area contributed by atoms with E-state index in [0.29, 0.717) is 0 Å². The first-order valence-corrected chi connectivity index (χ1v) is 8.01. The Kier molecular flexibility index (Phi) is 6.10. The molecule has 3 N–H and O–H groups in total. The highest BCUT2D eigenvalue weighted by molar-refractivity contribution is 6.34. The predicted octanol–water partition coefficient (Wildman–Crippen LogP) is 1.23. The highest BCUT2D eigenvalue weighted by Gasteiger charge is 2.25. The lowest BCUT2D eigenvalue weighted by atomic mass is 10.00. The second-order valence-electron chi connectivity index (χ2n) is 5.63. The number of carbonyl (C=O) groups is 2. The van der Waals surface area contributed by atoms with Crippen molar-refractivity contribution in [3.8, 4) is 0 Å². The van der Waals surface area contributed by atoms with E-state index in [0.717, 1.165) is 19.4 Å². The van der Waals surface area contributed by atoms with Crippen LogP contribution in [0.3, 0.4) is 0 Å². The Hall–Kier alpha value is -2.19. The fraction of sp³-hybridized carbons (Fsp3) is 0.467. The number of benzene rings is 1. The topological polar surface area (TPSA) is 113 Å². The molecule has 1 aromatic rings. The van der Waals surface area contributed by atoms with Gasteiger partial charge in [-0.25, -0.2) is 0 Å². The molecule has 0 spiro atoms. The molecule has 1 fully saturated rings. The van der Waals surface area contributed by atoms with Gasteiger partial charge < -0.3 is 16.0 Å². The van der Waals surface area contributed by atoms with Gasteiger partial charge in [0.2, 0.25) is 5.91 Å². The number of piperidine rings is 1. The predicted molar refractivity (Wildman–Crippen MR) is 89.1 cm³/mol. The highest BCUT2D eigenvalue weighted by Crippen LogP contribution is 2.25. The van der Waals surface area contributed by atoms with E-state index in [9.17, 15) is 19.7 Å². The Labute approximate surface area is 144 Å². The van der Waals surface area contributed by atoms with E-state index >= 15 is 0 Å². The number of amides is 2. The largest absolute Gasteiger partial charge is 0.350 e. The Balaban J connectivity index is 1.96. The fourth-order valence-corrected chi connectivity index (χ4v) is 2.89. The van der Waals surface area contributed by atoms with E-state index in [2.05, 4.69) is 16.0 Å². The van der Waals surface area contributed by atoms with Gasteiger partial charge in [-0.2, -0.15) is 0 Å². The van der Waals surface area contributed by atoms with Gasteiger partial charge >= 0.3 is 0 Å². The van der Waals surface area contributed by atoms with E-state index in [1.165, 1.54) is 18.2 Å². The summed E-state index contributed by atoms with van der Waals surface area (Å²) in [4.78, 5) is 34.4. The Morgan fingerprint density at radius 2 is 2.21 bits per heavy atom. The normalized spacial score (nSPS) is 20.2. The van der Waals surface area contributed by atoms with Gasteiger partial charge in [-0.15, -0.1) is 0 Å². The minimum Gasteiger partial charge on any atom is -0.350 e. The third kappa shape index (κ3) is 4.42. The van der Waals surface area contributed by atoms with Crippen molar-refractivity contribution < 1.29 is 14.5 Å². The molecule has 0 aromatic heterocycles. The number of halogens is 1. The molecule has 0 saturated carbocycles. The molecule has 1 heterocycles. The standard InChI is InChI=1S/C15H19ClN4O4/c1-9-11(5-3-7-17-9)19-13(21)8-18-15(22)14-10(16)4-2-6-12(14)20(23)24/h2,4,6,9,11,17H,3,5,7-8H2,1H3,(H,18,22)(H,19,21). The maximum Gasteiger partial charge on any atom is 0.283 e. The molecule has 1 aromatic carbocycles. The fourth-order valence-electron chi connectivity index (χ4n) is 2.64. The second-order valence-corrected chi connectivity index (χ2v) is 6.04. The number of rotatable bonds is 5. The van der Waals surface area contributed by atoms with Gasteiger partial charge in [0.05, 0.1) is 16.5 Å². The summed E-state index contributed by atoms with van der Waals surface area (Å²) in [5, 5.41) is 19.4. The van der Waals surface area contributed by atoms with Gasteiger partial charge in [0.25, 0.3) is 11.6 Å². The summed E-state index contributed by atoms with van der Waals surface area (Å²) in [6, 6.07) is 4.12. The van der Waals surface area contributed by atoms with Crippen LogP contribution in [0, 0.1) is 10.1 Å². The SMILES string of the molecule is CC1NCCCC1NC(=O)CNC(=O)c1c(Cl)cccc1[N+](=O)[O-]. The van der Waals surface area contributed by atoms with Crippen LogP contribution < -0.4 is 16.0 Å². The highest BCUT2D eigenvalue weighted by atomic mass is 35.5. The molecule has 1 aliphatic rings. The first kappa shape index (κ1) is 18.2. The molecule has 2 rings (SSSR count). The van der Waals surface area contributed by atoms with Gasteiger partial charge in [0.15, 0.2) is 0 Å². The summed E-state index contributed by atoms with van der Waals surface area (Å²) in [6.45, 7) is 2.63. The number of hydrogen-bond donors (Lipinski definition) is 3. The molecule has 0 radical (unpaired) electrons. The van der Waals surface area contributed by atoms with Crippen LogP contribution in [0.25, 0.3) is 0 Å². The molecular weight excluding hydrogens is 336 g/mol. The van der Waals surface area contributed by atoms with Crippen LogP contribution in [-0.2, 0) is 4.79 Å². The molecule has 8 nitrogen and oxygen atoms in total. The molecule has 130 valence electrons. The Bertz CT molecular complexity index is 652. The lowest BCUT2D eigenvalue weighted by molar-refractivity contribution is -0.385. The molecule has 0 aliphatic carbocycles. The average molecular weight is 355 g/mol. The summed E-state index contributed by atoms with van der Waals surface area (Å²) in [6.07, 6.45) is 1.83. The third-order valence-electron chi connectivity index (χ3n) is 3.93. The van der Waals surface area contributed by atoms with E-state index in [4.69, 9.17) is 11.6 Å². The van der Waals surface area contributed by atoms with Crippen LogP contribution in [0.1, 0.15) is 30.1 Å². The third-order valence-corrected chi connectivity index (χ3v) is 4.25. The van der Waals surface area contributed by atoms with Crippen LogP contribution >= 0.6 is 11.6 Å². The van der Waals surface area contributed by atoms with Crippen LogP contribution in [0.15, 0.2) is 18.2 Å². The van der Waals surface area contributed by atoms with Crippen molar-refractivity contribution in [1.82, 2.24) is 16.0 Å². The second kappa shape index (κ2) is 8.07. The molecule has 24 heavy (non-hydrogen) atoms. The Morgan fingerprint density at radius 3 is 2.88 bits per heavy atom. The molecule has 2 unspecified atom stereocenters. The molecule has 1 saturated heterocycles. The summed E-state index contributed by atoms with van der Waals surface area (Å²) in [5.41, 5.74) is -0.643. The van der Waals surface area contributed by atoms with Crippen molar-refractivity contribution in [1.29, 1.82) is 0 Å². The molecule has 2 atom stereocenters. The van der Waals surface area contributed by atoms with E-state index in [1.54, 1.807) is 0 Å². The smallest absolute Gasteiger partial charge is 0.283 e. The zero-order valence-corrected chi connectivity index (χ0v) is 13.9. The minimum atomic E-state index is -0.753. The van der Waals surface area contributed by atoms with Crippen molar-refractivity contribution in [2.75, 3.05) is 13.1 Å². The Morgan fingerprint density at radius 1 is 1.46 bits per heavy atom. The van der Waals surface area contributed by atoms with Gasteiger partial charge in [-0.1, -0.05) is 17.7 Å². The van der Waals surface area contributed by atoms with Crippen molar-refractivity contribution in [3.05, 3.63) is 38.9 Å². The van der Waals surface area contributed by atoms with Crippen LogP contribution in [0.5, 0.6) is 0 Å². The number of nitrogens with zero attached hydrogens (tertiary/aromatic N) is 1. The van der Waals surface area contributed by atoms with Gasteiger partial charge in [-0.3, -0.25) is 19.7 Å². The van der Waals surface area contributed by atoms with Gasteiger partial charge in [0, 0.05) is 18.2 Å². The number of nitrogens with one attached hydrogen (secondary N) is 3. The molecule has 9 heteroatoms. The molecule has 0 bridgehead atoms. The summed E-state index contributed by atoms with van der Waals surface area (Å²) in [7, 11) is 0. The average Bonchev–Trinajstić information content (AvgIpc) is 2.54. The van der Waals surface area contributed by atoms with Crippen molar-refractivity contribution >= 4 is 29.1 Å². The van der Waals surface area contributed by atoms with Crippen molar-refractivity contribution in [2.45, 2.75) is 31.8 Å². The lowest BCUT2D eigenvalue weighted by Crippen LogP contribution is -2.53. The number of nitro benzene ring substituents is 1. The zero-order chi connectivity index (χ0) is 17.7. The van der Waals surface area contributed by atoms with Crippen LogP contribution in [-0.4, -0.2) is 41.9 Å². The van der Waals surface area contributed by atoms with E-state index < -0.39 is 16.5 Å². The van der Waals surface area contributed by atoms with Crippen molar-refractivity contribution in [2.24, 2.45) is 0 Å². The number of hydrogen-bond acceptors (Lipinski definition) is 5. The number of nitro groups is 1. The van der Waals surface area contributed by atoms with Crippen molar-refractivity contribution in [3.63, 3.8) is 0 Å². The lowest BCUT2D eigenvalue weighted by Gasteiger charge is -2.30. The first-order chi connectivity index (χ1) is 11.4. The van der Waals surface area contributed by atoms with Gasteiger partial charge in [-0.05, 0) is 32.4 Å². The van der Waals surface area contributed by atoms with Crippen LogP contribution in [0.4, 0.5) is 5.69 Å². The molecule has 2 amide bonds. The minimum absolute atomic E-state index is 0.00204. The zero-order valence-electron chi connectivity index (χ0n) is 13.2. The summed E-state index contributed by atoms with van der Waals surface area (Å²) < 4.78 is 0.